The van der Waals surface area contributed by atoms with Crippen molar-refractivity contribution in [1.82, 2.24) is 19.5 Å². The Labute approximate surface area is 101 Å². The van der Waals surface area contributed by atoms with Gasteiger partial charge in [-0.2, -0.15) is 0 Å². The molecule has 1 N–H and O–H groups in total. The minimum atomic E-state index is 0.757. The van der Waals surface area contributed by atoms with Crippen molar-refractivity contribution >= 4 is 17.0 Å². The molecule has 0 radical (unpaired) electrons. The number of rotatable bonds is 4. The van der Waals surface area contributed by atoms with Gasteiger partial charge in [-0.15, -0.1) is 0 Å². The highest BCUT2D eigenvalue weighted by Crippen LogP contribution is 2.16. The second-order valence-electron chi connectivity index (χ2n) is 4.09. The lowest BCUT2D eigenvalue weighted by atomic mass is 10.3. The van der Waals surface area contributed by atoms with Crippen LogP contribution in [0, 0.1) is 0 Å². The fraction of sp³-hybridized carbons (Fsp3) is 0.417. The average Bonchev–Trinajstić information content (AvgIpc) is 2.72. The molecule has 0 fully saturated rings. The lowest BCUT2D eigenvalue weighted by molar-refractivity contribution is 0.777. The Bertz CT molecular complexity index is 537. The van der Waals surface area contributed by atoms with Crippen LogP contribution in [0.4, 0.5) is 5.82 Å². The molecule has 2 heterocycles. The standard InChI is InChI=1S/C12H17N5/c1-4-17-8-16-10-11(13-6-5-9(2)3)14-7-15-12(10)17/h5,7-8H,4,6H2,1-3H3,(H,13,14,15). The third-order valence-electron chi connectivity index (χ3n) is 2.52. The number of allylic oxidation sites excluding steroid dienone is 1. The number of fused-ring (bicyclic) bond motifs is 1. The van der Waals surface area contributed by atoms with Gasteiger partial charge in [0.1, 0.15) is 11.8 Å². The summed E-state index contributed by atoms with van der Waals surface area (Å²) in [4.78, 5) is 12.8. The summed E-state index contributed by atoms with van der Waals surface area (Å²) in [5.74, 6) is 0.791. The fourth-order valence-electron chi connectivity index (χ4n) is 1.59. The summed E-state index contributed by atoms with van der Waals surface area (Å²) in [5, 5.41) is 3.25. The molecule has 17 heavy (non-hydrogen) atoms. The van der Waals surface area contributed by atoms with Crippen LogP contribution in [0.2, 0.25) is 0 Å². The van der Waals surface area contributed by atoms with Gasteiger partial charge in [0.2, 0.25) is 0 Å². The Balaban J connectivity index is 2.28. The highest BCUT2D eigenvalue weighted by Gasteiger charge is 2.07. The number of imidazole rings is 1. The molecule has 0 aliphatic carbocycles. The molecule has 0 atom stereocenters. The maximum absolute atomic E-state index is 4.34. The molecule has 0 unspecified atom stereocenters. The van der Waals surface area contributed by atoms with Crippen molar-refractivity contribution in [2.75, 3.05) is 11.9 Å². The number of hydrogen-bond acceptors (Lipinski definition) is 4. The number of aryl methyl sites for hydroxylation is 1. The summed E-state index contributed by atoms with van der Waals surface area (Å²) in [6.07, 6.45) is 5.48. The Morgan fingerprint density at radius 1 is 1.35 bits per heavy atom. The second kappa shape index (κ2) is 4.95. The van der Waals surface area contributed by atoms with E-state index in [1.54, 1.807) is 12.7 Å². The highest BCUT2D eigenvalue weighted by atomic mass is 15.1. The molecule has 2 rings (SSSR count). The summed E-state index contributed by atoms with van der Waals surface area (Å²) in [7, 11) is 0. The lowest BCUT2D eigenvalue weighted by Gasteiger charge is -2.03. The Kier molecular flexibility index (Phi) is 3.37. The number of nitrogens with one attached hydrogen (secondary N) is 1. The van der Waals surface area contributed by atoms with E-state index in [2.05, 4.69) is 47.1 Å². The van der Waals surface area contributed by atoms with Gasteiger partial charge < -0.3 is 9.88 Å². The lowest BCUT2D eigenvalue weighted by Crippen LogP contribution is -2.03. The second-order valence-corrected chi connectivity index (χ2v) is 4.09. The Hall–Kier alpha value is -1.91. The highest BCUT2D eigenvalue weighted by molar-refractivity contribution is 5.82. The van der Waals surface area contributed by atoms with Crippen LogP contribution in [0.3, 0.4) is 0 Å². The first-order valence-electron chi connectivity index (χ1n) is 5.75. The predicted molar refractivity (Wildman–Crippen MR) is 68.9 cm³/mol. The van der Waals surface area contributed by atoms with Crippen LogP contribution in [-0.2, 0) is 6.54 Å². The molecule has 0 bridgehead atoms. The van der Waals surface area contributed by atoms with Gasteiger partial charge in [-0.1, -0.05) is 11.6 Å². The maximum atomic E-state index is 4.34. The minimum absolute atomic E-state index is 0.757. The van der Waals surface area contributed by atoms with Crippen LogP contribution in [0.1, 0.15) is 20.8 Å². The third kappa shape index (κ3) is 2.43. The maximum Gasteiger partial charge on any atom is 0.165 e. The smallest absolute Gasteiger partial charge is 0.165 e. The van der Waals surface area contributed by atoms with E-state index in [1.807, 2.05) is 4.57 Å². The Morgan fingerprint density at radius 2 is 2.18 bits per heavy atom. The zero-order valence-electron chi connectivity index (χ0n) is 10.4. The molecule has 90 valence electrons. The largest absolute Gasteiger partial charge is 0.365 e. The Morgan fingerprint density at radius 3 is 2.88 bits per heavy atom. The predicted octanol–water partition coefficient (Wildman–Crippen LogP) is 2.22. The van der Waals surface area contributed by atoms with Gasteiger partial charge in [0, 0.05) is 13.1 Å². The summed E-state index contributed by atoms with van der Waals surface area (Å²) in [6.45, 7) is 7.83. The zero-order valence-corrected chi connectivity index (χ0v) is 10.4. The third-order valence-corrected chi connectivity index (χ3v) is 2.52. The van der Waals surface area contributed by atoms with E-state index in [-0.39, 0.29) is 0 Å². The van der Waals surface area contributed by atoms with Crippen molar-refractivity contribution in [1.29, 1.82) is 0 Å². The van der Waals surface area contributed by atoms with Gasteiger partial charge in [-0.25, -0.2) is 15.0 Å². The first kappa shape index (κ1) is 11.6. The van der Waals surface area contributed by atoms with Crippen LogP contribution in [0.25, 0.3) is 11.2 Å². The van der Waals surface area contributed by atoms with Gasteiger partial charge in [0.25, 0.3) is 0 Å². The molecule has 0 saturated heterocycles. The molecular weight excluding hydrogens is 214 g/mol. The van der Waals surface area contributed by atoms with Crippen molar-refractivity contribution in [3.05, 3.63) is 24.3 Å². The molecule has 5 heteroatoms. The van der Waals surface area contributed by atoms with Crippen molar-refractivity contribution in [3.8, 4) is 0 Å². The van der Waals surface area contributed by atoms with E-state index in [4.69, 9.17) is 0 Å². The van der Waals surface area contributed by atoms with Crippen LogP contribution in [0.5, 0.6) is 0 Å². The molecule has 0 saturated carbocycles. The number of anilines is 1. The molecule has 0 aromatic carbocycles. The number of aromatic nitrogens is 4. The van der Waals surface area contributed by atoms with E-state index in [9.17, 15) is 0 Å². The molecule has 0 aliphatic rings. The molecule has 2 aromatic heterocycles. The van der Waals surface area contributed by atoms with E-state index >= 15 is 0 Å². The molecular formula is C12H17N5. The van der Waals surface area contributed by atoms with Gasteiger partial charge in [-0.3, -0.25) is 0 Å². The van der Waals surface area contributed by atoms with Crippen molar-refractivity contribution in [2.45, 2.75) is 27.3 Å². The summed E-state index contributed by atoms with van der Waals surface area (Å²) >= 11 is 0. The van der Waals surface area contributed by atoms with Crippen LogP contribution in [-0.4, -0.2) is 26.1 Å². The van der Waals surface area contributed by atoms with E-state index in [0.29, 0.717) is 0 Å². The molecule has 0 amide bonds. The zero-order chi connectivity index (χ0) is 12.3. The van der Waals surface area contributed by atoms with E-state index in [0.717, 1.165) is 30.1 Å². The van der Waals surface area contributed by atoms with Gasteiger partial charge >= 0.3 is 0 Å². The van der Waals surface area contributed by atoms with Crippen molar-refractivity contribution in [3.63, 3.8) is 0 Å². The first-order chi connectivity index (χ1) is 8.22. The topological polar surface area (TPSA) is 55.6 Å². The fourth-order valence-corrected chi connectivity index (χ4v) is 1.59. The normalized spacial score (nSPS) is 10.5. The van der Waals surface area contributed by atoms with Crippen LogP contribution >= 0.6 is 0 Å². The molecule has 2 aromatic rings. The molecule has 5 nitrogen and oxygen atoms in total. The monoisotopic (exact) mass is 231 g/mol. The number of hydrogen-bond donors (Lipinski definition) is 1. The summed E-state index contributed by atoms with van der Waals surface area (Å²) < 4.78 is 2.00. The SMILES string of the molecule is CCn1cnc2c(NCC=C(C)C)ncnc21. The van der Waals surface area contributed by atoms with Gasteiger partial charge in [0.15, 0.2) is 11.5 Å². The van der Waals surface area contributed by atoms with Crippen LogP contribution < -0.4 is 5.32 Å². The first-order valence-corrected chi connectivity index (χ1v) is 5.75. The quantitative estimate of drug-likeness (QED) is 0.820. The van der Waals surface area contributed by atoms with Crippen LogP contribution in [0.15, 0.2) is 24.3 Å². The van der Waals surface area contributed by atoms with Gasteiger partial charge in [-0.05, 0) is 20.8 Å². The van der Waals surface area contributed by atoms with Gasteiger partial charge in [0.05, 0.1) is 6.33 Å². The van der Waals surface area contributed by atoms with Crippen molar-refractivity contribution in [2.24, 2.45) is 0 Å². The molecule has 0 spiro atoms. The minimum Gasteiger partial charge on any atom is -0.365 e. The number of nitrogens with zero attached hydrogens (tertiary/aromatic N) is 4. The average molecular weight is 231 g/mol. The summed E-state index contributed by atoms with van der Waals surface area (Å²) in [5.41, 5.74) is 2.99. The summed E-state index contributed by atoms with van der Waals surface area (Å²) in [6, 6.07) is 0. The van der Waals surface area contributed by atoms with E-state index < -0.39 is 0 Å². The van der Waals surface area contributed by atoms with Crippen molar-refractivity contribution < 1.29 is 0 Å². The van der Waals surface area contributed by atoms with E-state index in [1.165, 1.54) is 5.57 Å². The molecule has 0 aliphatic heterocycles.